The summed E-state index contributed by atoms with van der Waals surface area (Å²) in [5.41, 5.74) is 1.23. The number of sulfone groups is 1. The van der Waals surface area contributed by atoms with Gasteiger partial charge < -0.3 is 9.64 Å². The zero-order valence-electron chi connectivity index (χ0n) is 14.5. The molecule has 0 radical (unpaired) electrons. The van der Waals surface area contributed by atoms with E-state index < -0.39 is 9.84 Å². The third-order valence-corrected chi connectivity index (χ3v) is 6.33. The fourth-order valence-electron chi connectivity index (χ4n) is 3.20. The van der Waals surface area contributed by atoms with Gasteiger partial charge in [-0.25, -0.2) is 8.42 Å². The van der Waals surface area contributed by atoms with Gasteiger partial charge in [-0.15, -0.1) is 0 Å². The zero-order chi connectivity index (χ0) is 17.6. The molecule has 6 heteroatoms. The van der Waals surface area contributed by atoms with Crippen molar-refractivity contribution in [3.8, 4) is 5.75 Å². The Morgan fingerprint density at radius 3 is 2.50 bits per heavy atom. The van der Waals surface area contributed by atoms with E-state index in [4.69, 9.17) is 4.74 Å². The maximum absolute atomic E-state index is 12.4. The van der Waals surface area contributed by atoms with E-state index in [1.165, 1.54) is 5.56 Å². The minimum absolute atomic E-state index is 0.0781. The van der Waals surface area contributed by atoms with Crippen LogP contribution in [0.15, 0.2) is 24.3 Å². The quantitative estimate of drug-likeness (QED) is 0.674. The van der Waals surface area contributed by atoms with Crippen molar-refractivity contribution in [3.05, 3.63) is 29.8 Å². The number of hydrogen-bond donors (Lipinski definition) is 0. The van der Waals surface area contributed by atoms with Gasteiger partial charge in [0.2, 0.25) is 5.91 Å². The van der Waals surface area contributed by atoms with Gasteiger partial charge in [-0.3, -0.25) is 4.79 Å². The number of carbonyl (C=O) groups is 1. The van der Waals surface area contributed by atoms with Crippen molar-refractivity contribution in [2.75, 3.05) is 25.2 Å². The van der Waals surface area contributed by atoms with E-state index in [2.05, 4.69) is 0 Å². The first kappa shape index (κ1) is 18.8. The second-order valence-electron chi connectivity index (χ2n) is 6.29. The van der Waals surface area contributed by atoms with Gasteiger partial charge in [0.05, 0.1) is 18.6 Å². The summed E-state index contributed by atoms with van der Waals surface area (Å²) < 4.78 is 28.3. The molecular formula is C18H27NO4S. The minimum Gasteiger partial charge on any atom is -0.497 e. The summed E-state index contributed by atoms with van der Waals surface area (Å²) in [5.74, 6) is 1.26. The summed E-state index contributed by atoms with van der Waals surface area (Å²) in [4.78, 5) is 14.1. The topological polar surface area (TPSA) is 63.7 Å². The standard InChI is InChI=1S/C18H27NO4S/c1-3-19(16-12-13-24(21,22)14-16)18(20)7-5-4-6-15-8-10-17(23-2)11-9-15/h8-11,16H,3-7,12-14H2,1-2H3. The van der Waals surface area contributed by atoms with Crippen molar-refractivity contribution in [1.29, 1.82) is 0 Å². The lowest BCUT2D eigenvalue weighted by Crippen LogP contribution is -2.40. The lowest BCUT2D eigenvalue weighted by atomic mass is 10.1. The minimum atomic E-state index is -2.96. The van der Waals surface area contributed by atoms with Gasteiger partial charge in [-0.1, -0.05) is 12.1 Å². The van der Waals surface area contributed by atoms with Crippen molar-refractivity contribution < 1.29 is 17.9 Å². The molecule has 1 fully saturated rings. The molecule has 1 aromatic carbocycles. The van der Waals surface area contributed by atoms with E-state index in [0.29, 0.717) is 19.4 Å². The van der Waals surface area contributed by atoms with Crippen LogP contribution in [0.2, 0.25) is 0 Å². The van der Waals surface area contributed by atoms with Crippen LogP contribution in [0.5, 0.6) is 5.75 Å². The van der Waals surface area contributed by atoms with E-state index in [1.54, 1.807) is 12.0 Å². The maximum Gasteiger partial charge on any atom is 0.222 e. The molecular weight excluding hydrogens is 326 g/mol. The summed E-state index contributed by atoms with van der Waals surface area (Å²) in [6.45, 7) is 2.50. The number of amides is 1. The molecule has 0 aromatic heterocycles. The van der Waals surface area contributed by atoms with E-state index in [0.717, 1.165) is 25.0 Å². The Labute approximate surface area is 144 Å². The van der Waals surface area contributed by atoms with Crippen LogP contribution in [0.4, 0.5) is 0 Å². The first-order chi connectivity index (χ1) is 11.4. The third-order valence-electron chi connectivity index (χ3n) is 4.58. The zero-order valence-corrected chi connectivity index (χ0v) is 15.3. The van der Waals surface area contributed by atoms with Gasteiger partial charge in [0.15, 0.2) is 9.84 Å². The SMILES string of the molecule is CCN(C(=O)CCCCc1ccc(OC)cc1)C1CCS(=O)(=O)C1. The molecule has 0 saturated carbocycles. The Bertz CT molecular complexity index is 639. The first-order valence-corrected chi connectivity index (χ1v) is 10.4. The highest BCUT2D eigenvalue weighted by molar-refractivity contribution is 7.91. The maximum atomic E-state index is 12.4. The highest BCUT2D eigenvalue weighted by Crippen LogP contribution is 2.19. The summed E-state index contributed by atoms with van der Waals surface area (Å²) in [5, 5.41) is 0. The lowest BCUT2D eigenvalue weighted by molar-refractivity contribution is -0.132. The second-order valence-corrected chi connectivity index (χ2v) is 8.52. The van der Waals surface area contributed by atoms with Crippen LogP contribution in [-0.2, 0) is 21.1 Å². The average Bonchev–Trinajstić information content (AvgIpc) is 2.92. The van der Waals surface area contributed by atoms with Gasteiger partial charge in [-0.2, -0.15) is 0 Å². The largest absolute Gasteiger partial charge is 0.497 e. The van der Waals surface area contributed by atoms with Gasteiger partial charge in [-0.05, 0) is 50.3 Å². The number of benzene rings is 1. The normalized spacial score (nSPS) is 19.2. The predicted molar refractivity (Wildman–Crippen MR) is 95.0 cm³/mol. The Morgan fingerprint density at radius 1 is 1.25 bits per heavy atom. The highest BCUT2D eigenvalue weighted by Gasteiger charge is 2.33. The molecule has 1 heterocycles. The molecule has 134 valence electrons. The third kappa shape index (κ3) is 5.23. The second kappa shape index (κ2) is 8.51. The Hall–Kier alpha value is -1.56. The molecule has 0 aliphatic carbocycles. The first-order valence-electron chi connectivity index (χ1n) is 8.58. The molecule has 0 bridgehead atoms. The summed E-state index contributed by atoms with van der Waals surface area (Å²) in [6, 6.07) is 7.85. The van der Waals surface area contributed by atoms with Crippen LogP contribution in [-0.4, -0.2) is 50.4 Å². The van der Waals surface area contributed by atoms with Crippen LogP contribution >= 0.6 is 0 Å². The Morgan fingerprint density at radius 2 is 1.96 bits per heavy atom. The number of methoxy groups -OCH3 is 1. The number of rotatable bonds is 8. The number of hydrogen-bond acceptors (Lipinski definition) is 4. The molecule has 2 rings (SSSR count). The molecule has 1 aliphatic rings. The summed E-state index contributed by atoms with van der Waals surface area (Å²) >= 11 is 0. The smallest absolute Gasteiger partial charge is 0.222 e. The van der Waals surface area contributed by atoms with Gasteiger partial charge in [0.1, 0.15) is 5.75 Å². The van der Waals surface area contributed by atoms with Crippen molar-refractivity contribution in [2.45, 2.75) is 45.1 Å². The molecule has 24 heavy (non-hydrogen) atoms. The fourth-order valence-corrected chi connectivity index (χ4v) is 4.93. The lowest BCUT2D eigenvalue weighted by Gasteiger charge is -2.27. The van der Waals surface area contributed by atoms with Crippen LogP contribution in [0, 0.1) is 0 Å². The van der Waals surface area contributed by atoms with E-state index in [9.17, 15) is 13.2 Å². The Kier molecular flexibility index (Phi) is 6.66. The van der Waals surface area contributed by atoms with Gasteiger partial charge >= 0.3 is 0 Å². The average molecular weight is 353 g/mol. The van der Waals surface area contributed by atoms with Crippen LogP contribution in [0.3, 0.4) is 0 Å². The summed E-state index contributed by atoms with van der Waals surface area (Å²) in [7, 11) is -1.31. The molecule has 0 spiro atoms. The van der Waals surface area contributed by atoms with Gasteiger partial charge in [0.25, 0.3) is 0 Å². The van der Waals surface area contributed by atoms with Crippen molar-refractivity contribution in [2.24, 2.45) is 0 Å². The molecule has 1 unspecified atom stereocenters. The van der Waals surface area contributed by atoms with Crippen molar-refractivity contribution in [1.82, 2.24) is 4.90 Å². The van der Waals surface area contributed by atoms with E-state index in [1.807, 2.05) is 31.2 Å². The molecule has 1 aromatic rings. The monoisotopic (exact) mass is 353 g/mol. The number of nitrogens with zero attached hydrogens (tertiary/aromatic N) is 1. The van der Waals surface area contributed by atoms with Crippen LogP contribution < -0.4 is 4.74 Å². The van der Waals surface area contributed by atoms with Crippen LogP contribution in [0.1, 0.15) is 38.2 Å². The van der Waals surface area contributed by atoms with E-state index in [-0.39, 0.29) is 23.5 Å². The number of carbonyl (C=O) groups excluding carboxylic acids is 1. The van der Waals surface area contributed by atoms with Gasteiger partial charge in [0, 0.05) is 19.0 Å². The number of ether oxygens (including phenoxy) is 1. The number of aryl methyl sites for hydroxylation is 1. The number of unbranched alkanes of at least 4 members (excludes halogenated alkanes) is 1. The Balaban J connectivity index is 1.75. The molecule has 5 nitrogen and oxygen atoms in total. The summed E-state index contributed by atoms with van der Waals surface area (Å²) in [6.07, 6.45) is 3.76. The van der Waals surface area contributed by atoms with Crippen molar-refractivity contribution in [3.63, 3.8) is 0 Å². The molecule has 1 amide bonds. The highest BCUT2D eigenvalue weighted by atomic mass is 32.2. The molecule has 0 N–H and O–H groups in total. The molecule has 1 aliphatic heterocycles. The van der Waals surface area contributed by atoms with Crippen molar-refractivity contribution >= 4 is 15.7 Å². The molecule has 1 atom stereocenters. The fraction of sp³-hybridized carbons (Fsp3) is 0.611. The predicted octanol–water partition coefficient (Wildman–Crippen LogP) is 2.44. The van der Waals surface area contributed by atoms with E-state index >= 15 is 0 Å². The van der Waals surface area contributed by atoms with Crippen LogP contribution in [0.25, 0.3) is 0 Å². The molecule has 1 saturated heterocycles.